The summed E-state index contributed by atoms with van der Waals surface area (Å²) in [6.45, 7) is 7.71. The van der Waals surface area contributed by atoms with Gasteiger partial charge in [-0.05, 0) is 38.1 Å². The second-order valence-corrected chi connectivity index (χ2v) is 4.58. The Kier molecular flexibility index (Phi) is 3.99. The van der Waals surface area contributed by atoms with Crippen molar-refractivity contribution in [2.24, 2.45) is 0 Å². The molecule has 0 atom stereocenters. The van der Waals surface area contributed by atoms with Crippen molar-refractivity contribution in [3.8, 4) is 5.82 Å². The van der Waals surface area contributed by atoms with Crippen LogP contribution in [0.5, 0.6) is 0 Å². The Bertz CT molecular complexity index is 548. The third kappa shape index (κ3) is 2.54. The lowest BCUT2D eigenvalue weighted by Crippen LogP contribution is -2.12. The molecule has 0 bridgehead atoms. The molecule has 96 valence electrons. The van der Waals surface area contributed by atoms with E-state index >= 15 is 0 Å². The quantitative estimate of drug-likeness (QED) is 0.923. The second-order valence-electron chi connectivity index (χ2n) is 4.20. The average Bonchev–Trinajstić information content (AvgIpc) is 2.64. The van der Waals surface area contributed by atoms with Gasteiger partial charge in [-0.2, -0.15) is 5.10 Å². The van der Waals surface area contributed by atoms with Gasteiger partial charge >= 0.3 is 0 Å². The molecular weight excluding hydrogens is 248 g/mol. The number of nitrogens with one attached hydrogen (secondary N) is 1. The zero-order chi connectivity index (χ0) is 13.1. The fourth-order valence-corrected chi connectivity index (χ4v) is 1.92. The Hall–Kier alpha value is -1.39. The topological polar surface area (TPSA) is 42.7 Å². The van der Waals surface area contributed by atoms with E-state index in [0.717, 1.165) is 30.3 Å². The molecule has 2 aromatic heterocycles. The number of nitrogens with zero attached hydrogens (tertiary/aromatic N) is 3. The Labute approximate surface area is 112 Å². The van der Waals surface area contributed by atoms with Crippen LogP contribution in [0.1, 0.15) is 23.9 Å². The molecule has 0 aliphatic rings. The molecule has 0 aromatic carbocycles. The van der Waals surface area contributed by atoms with E-state index in [1.165, 1.54) is 5.56 Å². The van der Waals surface area contributed by atoms with Crippen molar-refractivity contribution < 1.29 is 0 Å². The van der Waals surface area contributed by atoms with Crippen LogP contribution >= 0.6 is 11.6 Å². The van der Waals surface area contributed by atoms with Crippen LogP contribution in [0.4, 0.5) is 0 Å². The molecule has 1 N–H and O–H groups in total. The van der Waals surface area contributed by atoms with Crippen LogP contribution in [-0.4, -0.2) is 21.3 Å². The van der Waals surface area contributed by atoms with Crippen LogP contribution in [0.3, 0.4) is 0 Å². The zero-order valence-corrected chi connectivity index (χ0v) is 11.6. The summed E-state index contributed by atoms with van der Waals surface area (Å²) in [6, 6.07) is 4.03. The van der Waals surface area contributed by atoms with Crippen LogP contribution in [-0.2, 0) is 6.54 Å². The summed E-state index contributed by atoms with van der Waals surface area (Å²) in [5.74, 6) is 0.804. The van der Waals surface area contributed by atoms with E-state index in [9.17, 15) is 0 Å². The highest BCUT2D eigenvalue weighted by atomic mass is 35.5. The predicted octanol–water partition coefficient (Wildman–Crippen LogP) is 2.65. The SMILES string of the molecule is CCNCc1ccnc(-n2nc(C)c(Cl)c2C)c1. The number of hydrogen-bond donors (Lipinski definition) is 1. The van der Waals surface area contributed by atoms with Gasteiger partial charge < -0.3 is 5.32 Å². The highest BCUT2D eigenvalue weighted by molar-refractivity contribution is 6.31. The number of rotatable bonds is 4. The summed E-state index contributed by atoms with van der Waals surface area (Å²) < 4.78 is 1.78. The van der Waals surface area contributed by atoms with E-state index in [1.54, 1.807) is 10.9 Å². The maximum atomic E-state index is 6.15. The van der Waals surface area contributed by atoms with Crippen molar-refractivity contribution in [3.63, 3.8) is 0 Å². The molecule has 0 aliphatic heterocycles. The number of pyridine rings is 1. The first-order valence-electron chi connectivity index (χ1n) is 6.01. The van der Waals surface area contributed by atoms with E-state index in [1.807, 2.05) is 26.0 Å². The van der Waals surface area contributed by atoms with Crippen LogP contribution in [0, 0.1) is 13.8 Å². The van der Waals surface area contributed by atoms with Gasteiger partial charge in [0.15, 0.2) is 5.82 Å². The molecule has 2 heterocycles. The lowest BCUT2D eigenvalue weighted by atomic mass is 10.2. The highest BCUT2D eigenvalue weighted by Crippen LogP contribution is 2.21. The molecular formula is C13H17ClN4. The largest absolute Gasteiger partial charge is 0.313 e. The first kappa shape index (κ1) is 13.1. The molecule has 18 heavy (non-hydrogen) atoms. The maximum Gasteiger partial charge on any atom is 0.153 e. The Balaban J connectivity index is 2.35. The average molecular weight is 265 g/mol. The molecule has 2 rings (SSSR count). The molecule has 0 spiro atoms. The van der Waals surface area contributed by atoms with Gasteiger partial charge in [-0.1, -0.05) is 18.5 Å². The fraction of sp³-hybridized carbons (Fsp3) is 0.385. The van der Waals surface area contributed by atoms with Gasteiger partial charge in [0.25, 0.3) is 0 Å². The summed E-state index contributed by atoms with van der Waals surface area (Å²) in [4.78, 5) is 4.35. The van der Waals surface area contributed by atoms with Gasteiger partial charge in [-0.3, -0.25) is 0 Å². The maximum absolute atomic E-state index is 6.15. The van der Waals surface area contributed by atoms with Gasteiger partial charge in [0.1, 0.15) is 0 Å². The lowest BCUT2D eigenvalue weighted by molar-refractivity contribution is 0.722. The van der Waals surface area contributed by atoms with Crippen LogP contribution in [0.25, 0.3) is 5.82 Å². The summed E-state index contributed by atoms with van der Waals surface area (Å²) in [7, 11) is 0. The van der Waals surface area contributed by atoms with Gasteiger partial charge in [0, 0.05) is 12.7 Å². The van der Waals surface area contributed by atoms with E-state index < -0.39 is 0 Å². The number of hydrogen-bond acceptors (Lipinski definition) is 3. The van der Waals surface area contributed by atoms with Gasteiger partial charge in [0.05, 0.1) is 16.4 Å². The van der Waals surface area contributed by atoms with E-state index in [0.29, 0.717) is 5.02 Å². The van der Waals surface area contributed by atoms with E-state index in [-0.39, 0.29) is 0 Å². The molecule has 0 fully saturated rings. The van der Waals surface area contributed by atoms with Crippen LogP contribution in [0.2, 0.25) is 5.02 Å². The van der Waals surface area contributed by atoms with Crippen molar-refractivity contribution in [2.45, 2.75) is 27.3 Å². The molecule has 0 amide bonds. The van der Waals surface area contributed by atoms with Crippen molar-refractivity contribution in [1.29, 1.82) is 0 Å². The predicted molar refractivity (Wildman–Crippen MR) is 73.2 cm³/mol. The third-order valence-corrected chi connectivity index (χ3v) is 3.36. The molecule has 2 aromatic rings. The number of aryl methyl sites for hydroxylation is 1. The Morgan fingerprint density at radius 3 is 2.78 bits per heavy atom. The summed E-state index contributed by atoms with van der Waals surface area (Å²) >= 11 is 6.15. The summed E-state index contributed by atoms with van der Waals surface area (Å²) in [5, 5.41) is 8.40. The third-order valence-electron chi connectivity index (χ3n) is 2.81. The monoisotopic (exact) mass is 264 g/mol. The zero-order valence-electron chi connectivity index (χ0n) is 10.9. The highest BCUT2D eigenvalue weighted by Gasteiger charge is 2.11. The van der Waals surface area contributed by atoms with Crippen molar-refractivity contribution >= 4 is 11.6 Å². The molecule has 5 heteroatoms. The lowest BCUT2D eigenvalue weighted by Gasteiger charge is -2.06. The molecule has 0 aliphatic carbocycles. The Morgan fingerprint density at radius 2 is 2.17 bits per heavy atom. The van der Waals surface area contributed by atoms with Crippen LogP contribution < -0.4 is 5.32 Å². The minimum atomic E-state index is 0.703. The number of aromatic nitrogens is 3. The summed E-state index contributed by atoms with van der Waals surface area (Å²) in [6.07, 6.45) is 1.80. The first-order valence-corrected chi connectivity index (χ1v) is 6.39. The van der Waals surface area contributed by atoms with Crippen molar-refractivity contribution in [3.05, 3.63) is 40.3 Å². The second kappa shape index (κ2) is 5.50. The van der Waals surface area contributed by atoms with Crippen molar-refractivity contribution in [1.82, 2.24) is 20.1 Å². The molecule has 0 saturated carbocycles. The van der Waals surface area contributed by atoms with Crippen LogP contribution in [0.15, 0.2) is 18.3 Å². The minimum Gasteiger partial charge on any atom is -0.313 e. The minimum absolute atomic E-state index is 0.703. The smallest absolute Gasteiger partial charge is 0.153 e. The van der Waals surface area contributed by atoms with Gasteiger partial charge in [0.2, 0.25) is 0 Å². The van der Waals surface area contributed by atoms with E-state index in [4.69, 9.17) is 11.6 Å². The van der Waals surface area contributed by atoms with Gasteiger partial charge in [-0.25, -0.2) is 9.67 Å². The van der Waals surface area contributed by atoms with E-state index in [2.05, 4.69) is 22.3 Å². The molecule has 0 saturated heterocycles. The number of halogens is 1. The standard InChI is InChI=1S/C13H17ClN4/c1-4-15-8-11-5-6-16-12(7-11)18-10(3)13(14)9(2)17-18/h5-7,15H,4,8H2,1-3H3. The fourth-order valence-electron chi connectivity index (χ4n) is 1.80. The first-order chi connectivity index (χ1) is 8.63. The molecule has 4 nitrogen and oxygen atoms in total. The summed E-state index contributed by atoms with van der Waals surface area (Å²) in [5.41, 5.74) is 2.93. The van der Waals surface area contributed by atoms with Gasteiger partial charge in [-0.15, -0.1) is 0 Å². The molecule has 0 radical (unpaired) electrons. The normalized spacial score (nSPS) is 10.9. The van der Waals surface area contributed by atoms with Crippen molar-refractivity contribution in [2.75, 3.05) is 6.54 Å². The Morgan fingerprint density at radius 1 is 1.39 bits per heavy atom. The molecule has 0 unspecified atom stereocenters.